The van der Waals surface area contributed by atoms with Gasteiger partial charge in [-0.2, -0.15) is 11.8 Å². The number of amides is 1. The summed E-state index contributed by atoms with van der Waals surface area (Å²) < 4.78 is 6.89. The van der Waals surface area contributed by atoms with Gasteiger partial charge in [-0.25, -0.2) is 19.7 Å². The Bertz CT molecular complexity index is 938. The molecule has 3 heterocycles. The van der Waals surface area contributed by atoms with Crippen molar-refractivity contribution in [2.75, 3.05) is 17.2 Å². The van der Waals surface area contributed by atoms with Crippen molar-refractivity contribution in [1.29, 1.82) is 0 Å². The van der Waals surface area contributed by atoms with Crippen LogP contribution in [0.4, 0.5) is 5.82 Å². The molecule has 1 aliphatic heterocycles. The summed E-state index contributed by atoms with van der Waals surface area (Å²) in [6.45, 7) is 3.62. The number of aliphatic hydroxyl groups is 1. The van der Waals surface area contributed by atoms with Gasteiger partial charge in [0.25, 0.3) is 0 Å². The second kappa shape index (κ2) is 9.38. The van der Waals surface area contributed by atoms with Crippen LogP contribution in [-0.2, 0) is 14.3 Å². The van der Waals surface area contributed by atoms with Gasteiger partial charge in [0, 0.05) is 5.75 Å². The summed E-state index contributed by atoms with van der Waals surface area (Å²) in [5.74, 6) is -0.408. The molecule has 1 amide bonds. The van der Waals surface area contributed by atoms with Crippen LogP contribution in [-0.4, -0.2) is 77.4 Å². The lowest BCUT2D eigenvalue weighted by molar-refractivity contribution is -0.152. The van der Waals surface area contributed by atoms with Crippen molar-refractivity contribution in [2.24, 2.45) is 5.73 Å². The zero-order chi connectivity index (χ0) is 21.8. The highest BCUT2D eigenvalue weighted by Crippen LogP contribution is 2.32. The number of aliphatic carboxylic acids is 1. The highest BCUT2D eigenvalue weighted by molar-refractivity contribution is 7.99. The molecule has 0 aromatic carbocycles. The summed E-state index contributed by atoms with van der Waals surface area (Å²) in [4.78, 5) is 36.1. The molecule has 0 unspecified atom stereocenters. The number of aromatic nitrogens is 4. The highest BCUT2D eigenvalue weighted by Gasteiger charge is 2.49. The predicted octanol–water partition coefficient (Wildman–Crippen LogP) is -1.13. The number of nitrogen functional groups attached to an aromatic ring is 1. The molecule has 2 aromatic rings. The van der Waals surface area contributed by atoms with Crippen molar-refractivity contribution in [3.05, 3.63) is 25.3 Å². The number of fused-ring (bicyclic) bond motifs is 1. The monoisotopic (exact) mass is 437 g/mol. The maximum atomic E-state index is 12.4. The minimum absolute atomic E-state index is 0.131. The van der Waals surface area contributed by atoms with Crippen LogP contribution in [0.15, 0.2) is 25.3 Å². The van der Waals surface area contributed by atoms with Gasteiger partial charge in [0.2, 0.25) is 5.91 Å². The first-order chi connectivity index (χ1) is 14.3. The van der Waals surface area contributed by atoms with Crippen molar-refractivity contribution < 1.29 is 24.5 Å². The quantitative estimate of drug-likeness (QED) is 0.235. The van der Waals surface area contributed by atoms with Gasteiger partial charge in [-0.05, 0) is 12.2 Å². The Balaban J connectivity index is 1.76. The van der Waals surface area contributed by atoms with E-state index in [1.54, 1.807) is 17.8 Å². The largest absolute Gasteiger partial charge is 0.479 e. The average Bonchev–Trinajstić information content (AvgIpc) is 3.27. The van der Waals surface area contributed by atoms with Gasteiger partial charge in [-0.3, -0.25) is 9.36 Å². The van der Waals surface area contributed by atoms with Gasteiger partial charge in [0.05, 0.1) is 18.4 Å². The third-order valence-corrected chi connectivity index (χ3v) is 5.63. The number of carbonyl (C=O) groups is 2. The molecule has 7 N–H and O–H groups in total. The summed E-state index contributed by atoms with van der Waals surface area (Å²) in [5.41, 5.74) is 12.2. The Kier molecular flexibility index (Phi) is 6.87. The van der Waals surface area contributed by atoms with Crippen LogP contribution in [0.1, 0.15) is 12.6 Å². The average molecular weight is 437 g/mol. The van der Waals surface area contributed by atoms with E-state index in [1.807, 2.05) is 0 Å². The maximum absolute atomic E-state index is 12.4. The molecule has 1 saturated heterocycles. The number of hydrogen-bond acceptors (Lipinski definition) is 10. The molecule has 0 aliphatic carbocycles. The number of carbonyl (C=O) groups excluding carboxylic acids is 1. The Hall–Kier alpha value is -2.74. The lowest BCUT2D eigenvalue weighted by Gasteiger charge is -2.22. The second-order valence-corrected chi connectivity index (χ2v) is 7.80. The van der Waals surface area contributed by atoms with Crippen molar-refractivity contribution in [3.8, 4) is 0 Å². The number of ether oxygens (including phenoxy) is 1. The van der Waals surface area contributed by atoms with Crippen LogP contribution in [0.5, 0.6) is 0 Å². The number of carboxylic acid groups (broad SMARTS) is 1. The zero-order valence-corrected chi connectivity index (χ0v) is 16.7. The van der Waals surface area contributed by atoms with Gasteiger partial charge >= 0.3 is 5.97 Å². The predicted molar refractivity (Wildman–Crippen MR) is 109 cm³/mol. The van der Waals surface area contributed by atoms with E-state index in [2.05, 4.69) is 26.8 Å². The molecule has 13 heteroatoms. The van der Waals surface area contributed by atoms with Crippen LogP contribution >= 0.6 is 11.8 Å². The number of imidazole rings is 1. The van der Waals surface area contributed by atoms with Crippen molar-refractivity contribution in [3.63, 3.8) is 0 Å². The number of hydrogen-bond donors (Lipinski definition) is 5. The van der Waals surface area contributed by atoms with Gasteiger partial charge in [0.1, 0.15) is 17.9 Å². The topological polar surface area (TPSA) is 191 Å². The lowest BCUT2D eigenvalue weighted by atomic mass is 10.1. The van der Waals surface area contributed by atoms with Gasteiger partial charge in [-0.1, -0.05) is 6.08 Å². The summed E-state index contributed by atoms with van der Waals surface area (Å²) >= 11 is 1.57. The number of rotatable bonds is 9. The fraction of sp³-hybridized carbons (Fsp3) is 0.471. The first-order valence-corrected chi connectivity index (χ1v) is 10.2. The molecule has 162 valence electrons. The number of anilines is 1. The van der Waals surface area contributed by atoms with Crippen LogP contribution in [0, 0.1) is 0 Å². The van der Waals surface area contributed by atoms with Crippen LogP contribution in [0.3, 0.4) is 0 Å². The lowest BCUT2D eigenvalue weighted by Crippen LogP contribution is -2.54. The maximum Gasteiger partial charge on any atom is 0.335 e. The first-order valence-electron chi connectivity index (χ1n) is 9.09. The molecule has 1 fully saturated rings. The van der Waals surface area contributed by atoms with Crippen LogP contribution in [0.2, 0.25) is 0 Å². The molecule has 0 radical (unpaired) electrons. The van der Waals surface area contributed by atoms with Crippen molar-refractivity contribution in [1.82, 2.24) is 24.8 Å². The van der Waals surface area contributed by atoms with Gasteiger partial charge in [0.15, 0.2) is 23.8 Å². The number of nitrogens with zero attached hydrogens (tertiary/aromatic N) is 4. The standard InChI is InChI=1S/C17H23N7O5S/c1-2-4-30-5-3-8(18)15(26)23-9-11(25)16(29-12(9)17(27)28)24-7-22-10-13(19)20-6-21-14(10)24/h2,6-9,11-12,16,25H,1,3-5,18H2,(H,23,26)(H,27,28)(H2,19,20,21)/t8-,9-,11+,12-,16+/m0/s1. The fourth-order valence-corrected chi connectivity index (χ4v) is 3.86. The smallest absolute Gasteiger partial charge is 0.335 e. The number of nitrogens with two attached hydrogens (primary N) is 2. The summed E-state index contributed by atoms with van der Waals surface area (Å²) in [5, 5.41) is 22.8. The number of thioether (sulfide) groups is 1. The molecule has 5 atom stereocenters. The zero-order valence-electron chi connectivity index (χ0n) is 15.9. The van der Waals surface area contributed by atoms with Crippen LogP contribution in [0.25, 0.3) is 11.2 Å². The molecular formula is C17H23N7O5S. The van der Waals surface area contributed by atoms with E-state index in [-0.39, 0.29) is 17.0 Å². The van der Waals surface area contributed by atoms with Gasteiger partial charge in [-0.15, -0.1) is 6.58 Å². The van der Waals surface area contributed by atoms with E-state index in [9.17, 15) is 19.8 Å². The summed E-state index contributed by atoms with van der Waals surface area (Å²) in [6.07, 6.45) is 0.619. The molecule has 0 saturated carbocycles. The molecule has 0 spiro atoms. The van der Waals surface area contributed by atoms with E-state index < -0.39 is 42.4 Å². The first kappa shape index (κ1) is 22.0. The third kappa shape index (κ3) is 4.38. The third-order valence-electron chi connectivity index (χ3n) is 4.63. The minimum atomic E-state index is -1.49. The van der Waals surface area contributed by atoms with Crippen molar-refractivity contribution >= 4 is 40.6 Å². The van der Waals surface area contributed by atoms with Crippen molar-refractivity contribution in [2.45, 2.75) is 36.9 Å². The van der Waals surface area contributed by atoms with E-state index in [0.717, 1.165) is 5.75 Å². The number of aliphatic hydroxyl groups excluding tert-OH is 1. The number of carboxylic acids is 1. The molecule has 30 heavy (non-hydrogen) atoms. The highest BCUT2D eigenvalue weighted by atomic mass is 32.2. The van der Waals surface area contributed by atoms with Crippen LogP contribution < -0.4 is 16.8 Å². The summed E-state index contributed by atoms with van der Waals surface area (Å²) in [7, 11) is 0. The van der Waals surface area contributed by atoms with Gasteiger partial charge < -0.3 is 31.7 Å². The molecule has 2 aromatic heterocycles. The van der Waals surface area contributed by atoms with E-state index >= 15 is 0 Å². The Morgan fingerprint density at radius 3 is 2.90 bits per heavy atom. The Labute approximate surface area is 175 Å². The molecule has 3 rings (SSSR count). The van der Waals surface area contributed by atoms with E-state index in [0.29, 0.717) is 12.2 Å². The van der Waals surface area contributed by atoms with E-state index in [1.165, 1.54) is 17.2 Å². The molecule has 1 aliphatic rings. The normalized spacial score (nSPS) is 24.6. The fourth-order valence-electron chi connectivity index (χ4n) is 3.11. The summed E-state index contributed by atoms with van der Waals surface area (Å²) in [6, 6.07) is -2.08. The minimum Gasteiger partial charge on any atom is -0.479 e. The number of nitrogens with one attached hydrogen (secondary N) is 1. The SMILES string of the molecule is C=CCSCC[C@H](N)C(=O)N[C@H]1[C@@H](O)[C@H](n2cnc3c(N)ncnc32)O[C@@H]1C(=O)O. The molecular weight excluding hydrogens is 414 g/mol. The Morgan fingerprint density at radius 1 is 1.43 bits per heavy atom. The van der Waals surface area contributed by atoms with E-state index in [4.69, 9.17) is 16.2 Å². The molecule has 12 nitrogen and oxygen atoms in total. The molecule has 0 bridgehead atoms. The Morgan fingerprint density at radius 2 is 2.20 bits per heavy atom. The second-order valence-electron chi connectivity index (χ2n) is 6.65.